The van der Waals surface area contributed by atoms with Crippen molar-refractivity contribution in [1.82, 2.24) is 4.98 Å². The quantitative estimate of drug-likeness (QED) is 0.911. The van der Waals surface area contributed by atoms with E-state index in [0.717, 1.165) is 15.8 Å². The molecule has 0 unspecified atom stereocenters. The molecular weight excluding hydrogens is 320 g/mol. The van der Waals surface area contributed by atoms with Crippen molar-refractivity contribution in [2.45, 2.75) is 13.3 Å². The number of benzene rings is 1. The fraction of sp³-hybridized carbons (Fsp3) is 0.200. The van der Waals surface area contributed by atoms with Crippen molar-refractivity contribution in [2.24, 2.45) is 0 Å². The van der Waals surface area contributed by atoms with Gasteiger partial charge in [0, 0.05) is 10.7 Å². The first-order valence-electron chi connectivity index (χ1n) is 6.30. The standard InChI is InChI=1S/C15H15BrN2O2/c1-2-20-13-5-3-11(4-6-13)9-15(19)18-14-10-12(16)7-8-17-14/h3-8,10H,2,9H2,1H3,(H,17,18,19). The highest BCUT2D eigenvalue weighted by molar-refractivity contribution is 9.10. The first-order valence-corrected chi connectivity index (χ1v) is 7.10. The molecule has 0 spiro atoms. The van der Waals surface area contributed by atoms with Crippen molar-refractivity contribution in [1.29, 1.82) is 0 Å². The van der Waals surface area contributed by atoms with Crippen molar-refractivity contribution in [2.75, 3.05) is 11.9 Å². The van der Waals surface area contributed by atoms with E-state index in [0.29, 0.717) is 18.8 Å². The smallest absolute Gasteiger partial charge is 0.229 e. The Morgan fingerprint density at radius 3 is 2.70 bits per heavy atom. The van der Waals surface area contributed by atoms with Gasteiger partial charge in [-0.05, 0) is 36.8 Å². The average Bonchev–Trinajstić information content (AvgIpc) is 2.41. The minimum absolute atomic E-state index is 0.0974. The summed E-state index contributed by atoms with van der Waals surface area (Å²) in [6.45, 7) is 2.57. The number of halogens is 1. The molecule has 1 aromatic carbocycles. The lowest BCUT2D eigenvalue weighted by Crippen LogP contribution is -2.15. The van der Waals surface area contributed by atoms with Gasteiger partial charge >= 0.3 is 0 Å². The van der Waals surface area contributed by atoms with Crippen LogP contribution in [0, 0.1) is 0 Å². The highest BCUT2D eigenvalue weighted by Crippen LogP contribution is 2.15. The zero-order valence-corrected chi connectivity index (χ0v) is 12.7. The van der Waals surface area contributed by atoms with Crippen molar-refractivity contribution < 1.29 is 9.53 Å². The summed E-state index contributed by atoms with van der Waals surface area (Å²) in [5.74, 6) is 1.25. The summed E-state index contributed by atoms with van der Waals surface area (Å²) in [7, 11) is 0. The minimum Gasteiger partial charge on any atom is -0.494 e. The SMILES string of the molecule is CCOc1ccc(CC(=O)Nc2cc(Br)ccn2)cc1. The average molecular weight is 335 g/mol. The molecule has 2 rings (SSSR count). The summed E-state index contributed by atoms with van der Waals surface area (Å²) in [6, 6.07) is 11.1. The van der Waals surface area contributed by atoms with E-state index in [4.69, 9.17) is 4.74 Å². The second-order valence-electron chi connectivity index (χ2n) is 4.16. The molecule has 0 bridgehead atoms. The first kappa shape index (κ1) is 14.5. The third-order valence-electron chi connectivity index (χ3n) is 2.59. The van der Waals surface area contributed by atoms with Crippen LogP contribution >= 0.6 is 15.9 Å². The second kappa shape index (κ2) is 7.05. The number of carbonyl (C=O) groups is 1. The number of nitrogens with one attached hydrogen (secondary N) is 1. The molecule has 0 saturated heterocycles. The van der Waals surface area contributed by atoms with Gasteiger partial charge in [-0.2, -0.15) is 0 Å². The maximum absolute atomic E-state index is 11.9. The molecule has 1 N–H and O–H groups in total. The Labute approximate surface area is 126 Å². The van der Waals surface area contributed by atoms with Crippen LogP contribution in [-0.4, -0.2) is 17.5 Å². The molecule has 0 saturated carbocycles. The Morgan fingerprint density at radius 2 is 2.05 bits per heavy atom. The molecule has 0 aliphatic rings. The molecule has 1 aromatic heterocycles. The molecular formula is C15H15BrN2O2. The lowest BCUT2D eigenvalue weighted by Gasteiger charge is -2.06. The highest BCUT2D eigenvalue weighted by atomic mass is 79.9. The molecule has 2 aromatic rings. The van der Waals surface area contributed by atoms with E-state index in [1.54, 1.807) is 12.3 Å². The Morgan fingerprint density at radius 1 is 1.30 bits per heavy atom. The number of rotatable bonds is 5. The largest absolute Gasteiger partial charge is 0.494 e. The van der Waals surface area contributed by atoms with Gasteiger partial charge in [-0.25, -0.2) is 4.98 Å². The summed E-state index contributed by atoms with van der Waals surface area (Å²) in [6.07, 6.45) is 1.94. The monoisotopic (exact) mass is 334 g/mol. The number of nitrogens with zero attached hydrogens (tertiary/aromatic N) is 1. The number of anilines is 1. The van der Waals surface area contributed by atoms with E-state index in [1.165, 1.54) is 0 Å². The van der Waals surface area contributed by atoms with Gasteiger partial charge in [0.2, 0.25) is 5.91 Å². The van der Waals surface area contributed by atoms with Gasteiger partial charge in [-0.3, -0.25) is 4.79 Å². The van der Waals surface area contributed by atoms with Crippen LogP contribution in [-0.2, 0) is 11.2 Å². The summed E-state index contributed by atoms with van der Waals surface area (Å²) >= 11 is 3.34. The number of hydrogen-bond acceptors (Lipinski definition) is 3. The zero-order chi connectivity index (χ0) is 14.4. The number of pyridine rings is 1. The number of carbonyl (C=O) groups excluding carboxylic acids is 1. The molecule has 0 radical (unpaired) electrons. The molecule has 0 fully saturated rings. The van der Waals surface area contributed by atoms with Crippen LogP contribution in [0.1, 0.15) is 12.5 Å². The molecule has 20 heavy (non-hydrogen) atoms. The molecule has 104 valence electrons. The Hall–Kier alpha value is -1.88. The molecule has 5 heteroatoms. The van der Waals surface area contributed by atoms with E-state index < -0.39 is 0 Å². The van der Waals surface area contributed by atoms with Gasteiger partial charge in [-0.15, -0.1) is 0 Å². The van der Waals surface area contributed by atoms with E-state index in [-0.39, 0.29) is 5.91 Å². The molecule has 0 atom stereocenters. The van der Waals surface area contributed by atoms with Crippen LogP contribution in [0.2, 0.25) is 0 Å². The molecule has 1 heterocycles. The lowest BCUT2D eigenvalue weighted by atomic mass is 10.1. The summed E-state index contributed by atoms with van der Waals surface area (Å²) in [5, 5.41) is 2.76. The first-order chi connectivity index (χ1) is 9.67. The fourth-order valence-electron chi connectivity index (χ4n) is 1.72. The van der Waals surface area contributed by atoms with Gasteiger partial charge < -0.3 is 10.1 Å². The lowest BCUT2D eigenvalue weighted by molar-refractivity contribution is -0.115. The van der Waals surface area contributed by atoms with Crippen LogP contribution in [0.3, 0.4) is 0 Å². The second-order valence-corrected chi connectivity index (χ2v) is 5.08. The molecule has 0 aliphatic carbocycles. The topological polar surface area (TPSA) is 51.2 Å². The van der Waals surface area contributed by atoms with Crippen LogP contribution in [0.5, 0.6) is 5.75 Å². The van der Waals surface area contributed by atoms with Crippen molar-refractivity contribution in [3.05, 3.63) is 52.6 Å². The van der Waals surface area contributed by atoms with E-state index >= 15 is 0 Å². The Balaban J connectivity index is 1.94. The summed E-state index contributed by atoms with van der Waals surface area (Å²) < 4.78 is 6.24. The predicted octanol–water partition coefficient (Wildman–Crippen LogP) is 3.42. The van der Waals surface area contributed by atoms with E-state index in [1.807, 2.05) is 37.3 Å². The third-order valence-corrected chi connectivity index (χ3v) is 3.08. The van der Waals surface area contributed by atoms with Crippen molar-refractivity contribution in [3.63, 3.8) is 0 Å². The van der Waals surface area contributed by atoms with Crippen LogP contribution < -0.4 is 10.1 Å². The van der Waals surface area contributed by atoms with E-state index in [2.05, 4.69) is 26.2 Å². The molecule has 0 aliphatic heterocycles. The van der Waals surface area contributed by atoms with E-state index in [9.17, 15) is 4.79 Å². The van der Waals surface area contributed by atoms with Gasteiger partial charge in [0.25, 0.3) is 0 Å². The minimum atomic E-state index is -0.0974. The number of hydrogen-bond donors (Lipinski definition) is 1. The van der Waals surface area contributed by atoms with Crippen LogP contribution in [0.25, 0.3) is 0 Å². The van der Waals surface area contributed by atoms with Crippen molar-refractivity contribution in [3.8, 4) is 5.75 Å². The molecule has 4 nitrogen and oxygen atoms in total. The third kappa shape index (κ3) is 4.35. The summed E-state index contributed by atoms with van der Waals surface area (Å²) in [5.41, 5.74) is 0.931. The fourth-order valence-corrected chi connectivity index (χ4v) is 2.05. The number of aromatic nitrogens is 1. The Bertz CT molecular complexity index is 585. The normalized spacial score (nSPS) is 10.1. The number of ether oxygens (including phenoxy) is 1. The van der Waals surface area contributed by atoms with Gasteiger partial charge in [-0.1, -0.05) is 28.1 Å². The maximum atomic E-state index is 11.9. The predicted molar refractivity (Wildman–Crippen MR) is 81.9 cm³/mol. The van der Waals surface area contributed by atoms with Crippen LogP contribution in [0.4, 0.5) is 5.82 Å². The maximum Gasteiger partial charge on any atom is 0.229 e. The van der Waals surface area contributed by atoms with Crippen molar-refractivity contribution >= 4 is 27.7 Å². The molecule has 1 amide bonds. The highest BCUT2D eigenvalue weighted by Gasteiger charge is 2.05. The van der Waals surface area contributed by atoms with Gasteiger partial charge in [0.05, 0.1) is 13.0 Å². The van der Waals surface area contributed by atoms with Gasteiger partial charge in [0.15, 0.2) is 0 Å². The number of amides is 1. The van der Waals surface area contributed by atoms with Gasteiger partial charge in [0.1, 0.15) is 11.6 Å². The zero-order valence-electron chi connectivity index (χ0n) is 11.1. The Kier molecular flexibility index (Phi) is 5.12. The van der Waals surface area contributed by atoms with Crippen LogP contribution in [0.15, 0.2) is 47.1 Å². The summed E-state index contributed by atoms with van der Waals surface area (Å²) in [4.78, 5) is 16.0.